The highest BCUT2D eigenvalue weighted by Gasteiger charge is 2.36. The molecule has 1 aliphatic heterocycles. The summed E-state index contributed by atoms with van der Waals surface area (Å²) < 4.78 is 0. The minimum Gasteiger partial charge on any atom is -0.480 e. The van der Waals surface area contributed by atoms with E-state index in [0.29, 0.717) is 13.1 Å². The molecule has 0 radical (unpaired) electrons. The summed E-state index contributed by atoms with van der Waals surface area (Å²) in [4.78, 5) is 13.5. The molecule has 3 aromatic rings. The molecule has 25 heavy (non-hydrogen) atoms. The largest absolute Gasteiger partial charge is 0.480 e. The fourth-order valence-corrected chi connectivity index (χ4v) is 4.12. The summed E-state index contributed by atoms with van der Waals surface area (Å²) in [5, 5.41) is 24.2. The van der Waals surface area contributed by atoms with Crippen LogP contribution >= 0.6 is 0 Å². The van der Waals surface area contributed by atoms with Crippen LogP contribution in [0.1, 0.15) is 17.5 Å². The first-order chi connectivity index (χ1) is 12.1. The van der Waals surface area contributed by atoms with Gasteiger partial charge in [-0.15, -0.1) is 0 Å². The first-order valence-corrected chi connectivity index (χ1v) is 8.60. The predicted molar refractivity (Wildman–Crippen MR) is 98.6 cm³/mol. The van der Waals surface area contributed by atoms with Gasteiger partial charge in [0, 0.05) is 19.5 Å². The molecule has 0 amide bonds. The minimum atomic E-state index is -0.864. The molecule has 1 saturated heterocycles. The highest BCUT2D eigenvalue weighted by Crippen LogP contribution is 2.34. The molecule has 4 rings (SSSR count). The maximum atomic E-state index is 11.6. The molecule has 0 aromatic heterocycles. The van der Waals surface area contributed by atoms with Gasteiger partial charge >= 0.3 is 5.97 Å². The monoisotopic (exact) mass is 335 g/mol. The molecular formula is C21H21NO3. The van der Waals surface area contributed by atoms with E-state index >= 15 is 0 Å². The summed E-state index contributed by atoms with van der Waals surface area (Å²) in [6.45, 7) is 3.05. The Balaban J connectivity index is 1.91. The number of carboxylic acid groups (broad SMARTS) is 1. The smallest absolute Gasteiger partial charge is 0.321 e. The second-order valence-electron chi connectivity index (χ2n) is 6.87. The Morgan fingerprint density at radius 2 is 1.56 bits per heavy atom. The Hall–Kier alpha value is -2.43. The molecule has 0 saturated carbocycles. The number of carboxylic acids is 1. The van der Waals surface area contributed by atoms with Crippen molar-refractivity contribution < 1.29 is 15.0 Å². The van der Waals surface area contributed by atoms with E-state index in [1.54, 1.807) is 0 Å². The predicted octanol–water partition coefficient (Wildman–Crippen LogP) is 3.32. The Kier molecular flexibility index (Phi) is 3.94. The Morgan fingerprint density at radius 1 is 1.04 bits per heavy atom. The molecule has 0 aliphatic carbocycles. The lowest BCUT2D eigenvalue weighted by Gasteiger charge is -2.23. The van der Waals surface area contributed by atoms with E-state index < -0.39 is 18.1 Å². The number of likely N-dealkylation sites (tertiary alicyclic amines) is 1. The Labute approximate surface area is 146 Å². The summed E-state index contributed by atoms with van der Waals surface area (Å²) in [7, 11) is 0. The number of benzene rings is 3. The van der Waals surface area contributed by atoms with Crippen LogP contribution in [0.25, 0.3) is 21.5 Å². The van der Waals surface area contributed by atoms with Gasteiger partial charge < -0.3 is 10.2 Å². The number of hydrogen-bond donors (Lipinski definition) is 2. The van der Waals surface area contributed by atoms with Crippen LogP contribution in [0.5, 0.6) is 0 Å². The molecule has 0 spiro atoms. The summed E-state index contributed by atoms with van der Waals surface area (Å²) in [6, 6.07) is 15.9. The quantitative estimate of drug-likeness (QED) is 0.721. The van der Waals surface area contributed by atoms with Gasteiger partial charge in [-0.25, -0.2) is 0 Å². The summed E-state index contributed by atoms with van der Waals surface area (Å²) >= 11 is 0. The summed E-state index contributed by atoms with van der Waals surface area (Å²) in [5.74, 6) is -0.864. The molecule has 2 N–H and O–H groups in total. The molecule has 2 atom stereocenters. The maximum absolute atomic E-state index is 11.6. The van der Waals surface area contributed by atoms with Crippen molar-refractivity contribution in [1.29, 1.82) is 0 Å². The summed E-state index contributed by atoms with van der Waals surface area (Å²) in [6.07, 6.45) is -0.291. The molecule has 3 aromatic carbocycles. The molecular weight excluding hydrogens is 314 g/mol. The van der Waals surface area contributed by atoms with E-state index in [9.17, 15) is 15.0 Å². The third-order valence-electron chi connectivity index (χ3n) is 5.34. The van der Waals surface area contributed by atoms with E-state index in [2.05, 4.69) is 31.2 Å². The molecule has 1 fully saturated rings. The minimum absolute atomic E-state index is 0.289. The number of fused-ring (bicyclic) bond motifs is 2. The lowest BCUT2D eigenvalue weighted by molar-refractivity contribution is -0.142. The van der Waals surface area contributed by atoms with Crippen molar-refractivity contribution >= 4 is 27.5 Å². The average molecular weight is 335 g/mol. The van der Waals surface area contributed by atoms with Gasteiger partial charge in [0.2, 0.25) is 0 Å². The van der Waals surface area contributed by atoms with Gasteiger partial charge in [0.05, 0.1) is 6.10 Å². The second-order valence-corrected chi connectivity index (χ2v) is 6.87. The van der Waals surface area contributed by atoms with Crippen molar-refractivity contribution in [3.63, 3.8) is 0 Å². The van der Waals surface area contributed by atoms with Crippen molar-refractivity contribution in [2.75, 3.05) is 6.54 Å². The van der Waals surface area contributed by atoms with Crippen molar-refractivity contribution in [2.24, 2.45) is 0 Å². The first-order valence-electron chi connectivity index (χ1n) is 8.60. The highest BCUT2D eigenvalue weighted by molar-refractivity contribution is 6.05. The average Bonchev–Trinajstić information content (AvgIpc) is 2.99. The zero-order valence-corrected chi connectivity index (χ0v) is 14.1. The number of aryl methyl sites for hydroxylation is 1. The van der Waals surface area contributed by atoms with E-state index in [-0.39, 0.29) is 6.42 Å². The van der Waals surface area contributed by atoms with Crippen LogP contribution in [0.4, 0.5) is 0 Å². The number of aliphatic hydroxyl groups is 1. The highest BCUT2D eigenvalue weighted by atomic mass is 16.4. The SMILES string of the molecule is Cc1c2ccccc2c(CN2C[C@@H](O)C[C@@H]2C(=O)O)c2ccccc12. The third-order valence-corrected chi connectivity index (χ3v) is 5.34. The van der Waals surface area contributed by atoms with Crippen molar-refractivity contribution in [3.8, 4) is 0 Å². The molecule has 128 valence electrons. The summed E-state index contributed by atoms with van der Waals surface area (Å²) in [5.41, 5.74) is 2.38. The van der Waals surface area contributed by atoms with Crippen molar-refractivity contribution in [1.82, 2.24) is 4.90 Å². The van der Waals surface area contributed by atoms with Crippen LogP contribution in [0.3, 0.4) is 0 Å². The van der Waals surface area contributed by atoms with Crippen LogP contribution < -0.4 is 0 Å². The topological polar surface area (TPSA) is 60.8 Å². The molecule has 4 heteroatoms. The number of carbonyl (C=O) groups is 1. The number of β-amino-alcohol motifs (C(OH)–C–C–N with tert-alkyl or cyclic N) is 1. The number of rotatable bonds is 3. The first kappa shape index (κ1) is 16.1. The molecule has 1 heterocycles. The number of aliphatic carboxylic acids is 1. The van der Waals surface area contributed by atoms with Crippen LogP contribution in [0.2, 0.25) is 0 Å². The Bertz CT molecular complexity index is 909. The zero-order chi connectivity index (χ0) is 17.6. The van der Waals surface area contributed by atoms with E-state index in [1.165, 1.54) is 16.3 Å². The lowest BCUT2D eigenvalue weighted by atomic mass is 9.92. The van der Waals surface area contributed by atoms with Gasteiger partial charge in [-0.05, 0) is 39.6 Å². The van der Waals surface area contributed by atoms with Crippen LogP contribution in [0, 0.1) is 6.92 Å². The van der Waals surface area contributed by atoms with Crippen LogP contribution in [0.15, 0.2) is 48.5 Å². The molecule has 1 aliphatic rings. The second kappa shape index (κ2) is 6.14. The standard InChI is InChI=1S/C21H21NO3/c1-13-15-6-2-4-8-17(15)19(18-9-5-3-7-16(13)18)12-22-11-14(23)10-20(22)21(24)25/h2-9,14,20,23H,10-12H2,1H3,(H,24,25)/t14-,20+/m0/s1. The van der Waals surface area contributed by atoms with Crippen LogP contribution in [-0.2, 0) is 11.3 Å². The normalized spacial score (nSPS) is 21.2. The van der Waals surface area contributed by atoms with Gasteiger partial charge in [-0.3, -0.25) is 9.69 Å². The lowest BCUT2D eigenvalue weighted by Crippen LogP contribution is -2.35. The van der Waals surface area contributed by atoms with Gasteiger partial charge in [-0.2, -0.15) is 0 Å². The van der Waals surface area contributed by atoms with Gasteiger partial charge in [0.25, 0.3) is 0 Å². The fourth-order valence-electron chi connectivity index (χ4n) is 4.12. The molecule has 0 unspecified atom stereocenters. The Morgan fingerprint density at radius 3 is 2.08 bits per heavy atom. The number of hydrogen-bond acceptors (Lipinski definition) is 3. The molecule has 4 nitrogen and oxygen atoms in total. The zero-order valence-electron chi connectivity index (χ0n) is 14.1. The number of aliphatic hydroxyl groups excluding tert-OH is 1. The fraction of sp³-hybridized carbons (Fsp3) is 0.286. The van der Waals surface area contributed by atoms with Crippen LogP contribution in [-0.4, -0.2) is 39.8 Å². The van der Waals surface area contributed by atoms with E-state index in [1.807, 2.05) is 29.2 Å². The molecule has 0 bridgehead atoms. The van der Waals surface area contributed by atoms with E-state index in [4.69, 9.17) is 0 Å². The van der Waals surface area contributed by atoms with Crippen molar-refractivity contribution in [3.05, 3.63) is 59.7 Å². The van der Waals surface area contributed by atoms with Gasteiger partial charge in [0.15, 0.2) is 0 Å². The van der Waals surface area contributed by atoms with Crippen molar-refractivity contribution in [2.45, 2.75) is 32.0 Å². The number of nitrogens with zero attached hydrogens (tertiary/aromatic N) is 1. The third kappa shape index (κ3) is 2.68. The maximum Gasteiger partial charge on any atom is 0.321 e. The van der Waals surface area contributed by atoms with E-state index in [0.717, 1.165) is 16.3 Å². The van der Waals surface area contributed by atoms with Gasteiger partial charge in [-0.1, -0.05) is 48.5 Å². The van der Waals surface area contributed by atoms with Gasteiger partial charge in [0.1, 0.15) is 6.04 Å².